The van der Waals surface area contributed by atoms with Gasteiger partial charge in [-0.3, -0.25) is 19.7 Å². The van der Waals surface area contributed by atoms with Gasteiger partial charge in [0.05, 0.1) is 4.92 Å². The van der Waals surface area contributed by atoms with E-state index in [9.17, 15) is 19.7 Å². The highest BCUT2D eigenvalue weighted by molar-refractivity contribution is 6.55. The van der Waals surface area contributed by atoms with E-state index in [1.54, 1.807) is 19.1 Å². The van der Waals surface area contributed by atoms with Crippen molar-refractivity contribution in [3.8, 4) is 0 Å². The summed E-state index contributed by atoms with van der Waals surface area (Å²) in [5, 5.41) is 13.8. The number of ketones is 2. The first-order valence-electron chi connectivity index (χ1n) is 8.03. The van der Waals surface area contributed by atoms with Crippen molar-refractivity contribution in [2.24, 2.45) is 0 Å². The first kappa shape index (κ1) is 22.1. The molecule has 0 radical (unpaired) electrons. The van der Waals surface area contributed by atoms with Gasteiger partial charge in [-0.05, 0) is 43.3 Å². The van der Waals surface area contributed by atoms with Crippen molar-refractivity contribution in [1.29, 1.82) is 0 Å². The lowest BCUT2D eigenvalue weighted by atomic mass is 10.1. The molecule has 0 spiro atoms. The summed E-state index contributed by atoms with van der Waals surface area (Å²) in [6.45, 7) is 1.92. The zero-order valence-corrected chi connectivity index (χ0v) is 16.8. The minimum Gasteiger partial charge on any atom is -0.354 e. The van der Waals surface area contributed by atoms with Gasteiger partial charge in [0.25, 0.3) is 5.69 Å². The molecule has 10 heteroatoms. The predicted molar refractivity (Wildman–Crippen MR) is 108 cm³/mol. The Bertz CT molecular complexity index is 887. The third kappa shape index (κ3) is 5.42. The first-order valence-corrected chi connectivity index (χ1v) is 9.28. The van der Waals surface area contributed by atoms with Gasteiger partial charge in [-0.2, -0.15) is 0 Å². The SMILES string of the molecule is CCOC(Nc1ccc(C(=O)C(Cl)Cl)cc1)C(=O)c1ccc(Cl)c([N+](=O)[O-])c1. The fourth-order valence-corrected chi connectivity index (χ4v) is 2.75. The zero-order chi connectivity index (χ0) is 20.8. The van der Waals surface area contributed by atoms with E-state index in [4.69, 9.17) is 39.5 Å². The summed E-state index contributed by atoms with van der Waals surface area (Å²) < 4.78 is 5.44. The van der Waals surface area contributed by atoms with Gasteiger partial charge >= 0.3 is 0 Å². The number of hydrogen-bond donors (Lipinski definition) is 1. The van der Waals surface area contributed by atoms with Gasteiger partial charge < -0.3 is 10.1 Å². The lowest BCUT2D eigenvalue weighted by Crippen LogP contribution is -2.32. The second-order valence-corrected chi connectivity index (χ2v) is 7.01. The fraction of sp³-hybridized carbons (Fsp3) is 0.222. The van der Waals surface area contributed by atoms with Gasteiger partial charge in [0, 0.05) is 29.5 Å². The molecule has 0 heterocycles. The number of alkyl halides is 2. The molecular formula is C18H15Cl3N2O5. The minimum absolute atomic E-state index is 0.0698. The van der Waals surface area contributed by atoms with E-state index in [0.717, 1.165) is 6.07 Å². The van der Waals surface area contributed by atoms with Crippen molar-refractivity contribution < 1.29 is 19.2 Å². The molecule has 0 aromatic heterocycles. The van der Waals surface area contributed by atoms with Gasteiger partial charge in [0.2, 0.25) is 5.78 Å². The van der Waals surface area contributed by atoms with Crippen molar-refractivity contribution in [2.45, 2.75) is 18.0 Å². The summed E-state index contributed by atoms with van der Waals surface area (Å²) in [6, 6.07) is 9.90. The molecule has 1 atom stereocenters. The molecule has 148 valence electrons. The molecule has 28 heavy (non-hydrogen) atoms. The average Bonchev–Trinajstić information content (AvgIpc) is 2.67. The summed E-state index contributed by atoms with van der Waals surface area (Å²) >= 11 is 16.9. The van der Waals surface area contributed by atoms with Crippen LogP contribution in [0.4, 0.5) is 11.4 Å². The largest absolute Gasteiger partial charge is 0.354 e. The van der Waals surface area contributed by atoms with Crippen LogP contribution >= 0.6 is 34.8 Å². The quantitative estimate of drug-likeness (QED) is 0.194. The van der Waals surface area contributed by atoms with Gasteiger partial charge in [-0.1, -0.05) is 34.8 Å². The van der Waals surface area contributed by atoms with Crippen molar-refractivity contribution in [3.63, 3.8) is 0 Å². The second kappa shape index (κ2) is 9.84. The highest BCUT2D eigenvalue weighted by atomic mass is 35.5. The molecule has 0 aliphatic rings. The van der Waals surface area contributed by atoms with E-state index >= 15 is 0 Å². The maximum Gasteiger partial charge on any atom is 0.288 e. The van der Waals surface area contributed by atoms with E-state index in [-0.39, 0.29) is 22.9 Å². The molecule has 0 amide bonds. The topological polar surface area (TPSA) is 98.5 Å². The Hall–Kier alpha value is -2.19. The summed E-state index contributed by atoms with van der Waals surface area (Å²) in [6.07, 6.45) is -1.10. The van der Waals surface area contributed by atoms with Crippen LogP contribution in [0.3, 0.4) is 0 Å². The number of nitro benzene ring substituents is 1. The highest BCUT2D eigenvalue weighted by Crippen LogP contribution is 2.26. The highest BCUT2D eigenvalue weighted by Gasteiger charge is 2.24. The number of rotatable bonds is 9. The van der Waals surface area contributed by atoms with Crippen molar-refractivity contribution >= 4 is 57.7 Å². The Morgan fingerprint density at radius 3 is 2.25 bits per heavy atom. The van der Waals surface area contributed by atoms with Crippen LogP contribution in [-0.4, -0.2) is 34.2 Å². The lowest BCUT2D eigenvalue weighted by Gasteiger charge is -2.19. The van der Waals surface area contributed by atoms with Gasteiger partial charge in [-0.25, -0.2) is 0 Å². The zero-order valence-electron chi connectivity index (χ0n) is 14.5. The molecule has 0 fully saturated rings. The Kier molecular flexibility index (Phi) is 7.77. The molecule has 0 saturated carbocycles. The molecule has 1 unspecified atom stereocenters. The molecule has 0 saturated heterocycles. The number of hydrogen-bond acceptors (Lipinski definition) is 6. The number of carbonyl (C=O) groups is 2. The van der Waals surface area contributed by atoms with Crippen LogP contribution in [-0.2, 0) is 4.74 Å². The molecule has 2 rings (SSSR count). The third-order valence-corrected chi connectivity index (χ3v) is 4.38. The maximum absolute atomic E-state index is 12.7. The molecule has 0 bridgehead atoms. The summed E-state index contributed by atoms with van der Waals surface area (Å²) in [5.74, 6) is -0.954. The van der Waals surface area contributed by atoms with Crippen LogP contribution in [0.2, 0.25) is 5.02 Å². The Morgan fingerprint density at radius 1 is 1.11 bits per heavy atom. The maximum atomic E-state index is 12.7. The van der Waals surface area contributed by atoms with E-state index in [1.165, 1.54) is 24.3 Å². The average molecular weight is 446 g/mol. The smallest absolute Gasteiger partial charge is 0.288 e. The third-order valence-electron chi connectivity index (χ3n) is 3.66. The molecule has 2 aromatic rings. The fourth-order valence-electron chi connectivity index (χ4n) is 2.31. The minimum atomic E-state index is -1.17. The standard InChI is InChI=1S/C18H15Cl3N2O5/c1-2-28-18(16(25)11-5-8-13(19)14(9-11)23(26)27)22-12-6-3-10(4-7-12)15(24)17(20)21/h3-9,17-18,22H,2H2,1H3. The molecule has 0 aliphatic heterocycles. The van der Waals surface area contributed by atoms with E-state index in [0.29, 0.717) is 11.3 Å². The lowest BCUT2D eigenvalue weighted by molar-refractivity contribution is -0.384. The second-order valence-electron chi connectivity index (χ2n) is 5.51. The van der Waals surface area contributed by atoms with Crippen LogP contribution in [0.1, 0.15) is 27.6 Å². The molecular weight excluding hydrogens is 431 g/mol. The Balaban J connectivity index is 2.23. The number of ether oxygens (including phenoxy) is 1. The van der Waals surface area contributed by atoms with Crippen LogP contribution in [0, 0.1) is 10.1 Å². The number of halogens is 3. The molecule has 7 nitrogen and oxygen atoms in total. The van der Waals surface area contributed by atoms with Crippen LogP contribution < -0.4 is 5.32 Å². The first-order chi connectivity index (χ1) is 13.2. The summed E-state index contributed by atoms with van der Waals surface area (Å²) in [5.41, 5.74) is 0.504. The summed E-state index contributed by atoms with van der Waals surface area (Å²) in [4.78, 5) is 33.7. The Labute approximate surface area is 175 Å². The molecule has 1 N–H and O–H groups in total. The molecule has 0 aliphatic carbocycles. The van der Waals surface area contributed by atoms with Gasteiger partial charge in [0.1, 0.15) is 5.02 Å². The number of Topliss-reactive ketones (excluding diaryl/α,β-unsaturated/α-hetero) is 2. The number of nitro groups is 1. The van der Waals surface area contributed by atoms with E-state index < -0.39 is 27.6 Å². The number of benzene rings is 2. The Morgan fingerprint density at radius 2 is 1.71 bits per heavy atom. The van der Waals surface area contributed by atoms with Crippen molar-refractivity contribution in [2.75, 3.05) is 11.9 Å². The van der Waals surface area contributed by atoms with E-state index in [1.807, 2.05) is 0 Å². The number of nitrogens with zero attached hydrogens (tertiary/aromatic N) is 1. The van der Waals surface area contributed by atoms with Crippen molar-refractivity contribution in [1.82, 2.24) is 0 Å². The predicted octanol–water partition coefficient (Wildman–Crippen LogP) is 4.89. The number of anilines is 1. The summed E-state index contributed by atoms with van der Waals surface area (Å²) in [7, 11) is 0. The number of carbonyl (C=O) groups excluding carboxylic acids is 2. The van der Waals surface area contributed by atoms with Crippen LogP contribution in [0.5, 0.6) is 0 Å². The monoisotopic (exact) mass is 444 g/mol. The van der Waals surface area contributed by atoms with Crippen molar-refractivity contribution in [3.05, 3.63) is 68.7 Å². The number of nitrogens with one attached hydrogen (secondary N) is 1. The van der Waals surface area contributed by atoms with Crippen LogP contribution in [0.25, 0.3) is 0 Å². The molecule has 2 aromatic carbocycles. The normalized spacial score (nSPS) is 11.9. The van der Waals surface area contributed by atoms with E-state index in [2.05, 4.69) is 5.32 Å². The van der Waals surface area contributed by atoms with Gasteiger partial charge in [-0.15, -0.1) is 0 Å². The van der Waals surface area contributed by atoms with Crippen LogP contribution in [0.15, 0.2) is 42.5 Å². The van der Waals surface area contributed by atoms with Gasteiger partial charge in [0.15, 0.2) is 16.8 Å².